The van der Waals surface area contributed by atoms with Crippen LogP contribution in [0.2, 0.25) is 0 Å². The molecule has 0 aliphatic heterocycles. The van der Waals surface area contributed by atoms with E-state index in [0.29, 0.717) is 0 Å². The highest BCUT2D eigenvalue weighted by atomic mass is 14.6. The SMILES string of the molecule is CCCC1CCC(CN)C(C(C)CCC)C1. The predicted molar refractivity (Wildman–Crippen MR) is 72.4 cm³/mol. The molecular formula is C15H31N. The molecule has 0 aromatic heterocycles. The van der Waals surface area contributed by atoms with Crippen LogP contribution in [0, 0.1) is 23.7 Å². The Labute approximate surface area is 102 Å². The largest absolute Gasteiger partial charge is 0.330 e. The highest BCUT2D eigenvalue weighted by Crippen LogP contribution is 2.40. The molecule has 1 fully saturated rings. The third-order valence-corrected chi connectivity index (χ3v) is 4.63. The van der Waals surface area contributed by atoms with Crippen LogP contribution in [-0.4, -0.2) is 6.54 Å². The lowest BCUT2D eigenvalue weighted by Crippen LogP contribution is -2.34. The lowest BCUT2D eigenvalue weighted by molar-refractivity contribution is 0.122. The summed E-state index contributed by atoms with van der Waals surface area (Å²) >= 11 is 0. The second kappa shape index (κ2) is 7.32. The maximum absolute atomic E-state index is 5.95. The minimum atomic E-state index is 0.814. The van der Waals surface area contributed by atoms with Gasteiger partial charge in [-0.25, -0.2) is 0 Å². The molecule has 0 aromatic rings. The second-order valence-electron chi connectivity index (χ2n) is 5.89. The van der Waals surface area contributed by atoms with Gasteiger partial charge in [-0.15, -0.1) is 0 Å². The molecule has 0 bridgehead atoms. The summed E-state index contributed by atoms with van der Waals surface area (Å²) in [4.78, 5) is 0. The van der Waals surface area contributed by atoms with Crippen LogP contribution < -0.4 is 5.73 Å². The van der Waals surface area contributed by atoms with Crippen LogP contribution >= 0.6 is 0 Å². The maximum atomic E-state index is 5.95. The fourth-order valence-corrected chi connectivity index (χ4v) is 3.69. The van der Waals surface area contributed by atoms with E-state index >= 15 is 0 Å². The Morgan fingerprint density at radius 1 is 1.19 bits per heavy atom. The van der Waals surface area contributed by atoms with Crippen LogP contribution in [0.5, 0.6) is 0 Å². The maximum Gasteiger partial charge on any atom is -0.00461 e. The topological polar surface area (TPSA) is 26.0 Å². The molecule has 0 saturated heterocycles. The monoisotopic (exact) mass is 225 g/mol. The minimum absolute atomic E-state index is 0.814. The smallest absolute Gasteiger partial charge is 0.00461 e. The summed E-state index contributed by atoms with van der Waals surface area (Å²) in [6.07, 6.45) is 9.79. The van der Waals surface area contributed by atoms with Gasteiger partial charge in [0.1, 0.15) is 0 Å². The highest BCUT2D eigenvalue weighted by molar-refractivity contribution is 4.83. The van der Waals surface area contributed by atoms with Crippen molar-refractivity contribution in [1.29, 1.82) is 0 Å². The number of hydrogen-bond donors (Lipinski definition) is 1. The molecular weight excluding hydrogens is 194 g/mol. The van der Waals surface area contributed by atoms with Crippen LogP contribution in [0.4, 0.5) is 0 Å². The molecule has 1 nitrogen and oxygen atoms in total. The molecule has 1 heteroatoms. The molecule has 16 heavy (non-hydrogen) atoms. The lowest BCUT2D eigenvalue weighted by Gasteiger charge is -2.39. The zero-order valence-electron chi connectivity index (χ0n) is 11.5. The zero-order chi connectivity index (χ0) is 12.0. The van der Waals surface area contributed by atoms with Crippen molar-refractivity contribution >= 4 is 0 Å². The van der Waals surface area contributed by atoms with Gasteiger partial charge in [-0.3, -0.25) is 0 Å². The quantitative estimate of drug-likeness (QED) is 0.720. The van der Waals surface area contributed by atoms with Gasteiger partial charge in [-0.05, 0) is 43.1 Å². The van der Waals surface area contributed by atoms with Gasteiger partial charge in [0.15, 0.2) is 0 Å². The van der Waals surface area contributed by atoms with Gasteiger partial charge in [0.05, 0.1) is 0 Å². The Morgan fingerprint density at radius 3 is 2.50 bits per heavy atom. The summed E-state index contributed by atoms with van der Waals surface area (Å²) in [5, 5.41) is 0. The molecule has 96 valence electrons. The summed E-state index contributed by atoms with van der Waals surface area (Å²) in [7, 11) is 0. The van der Waals surface area contributed by atoms with E-state index in [1.165, 1.54) is 44.9 Å². The van der Waals surface area contributed by atoms with Crippen molar-refractivity contribution in [2.45, 2.75) is 65.7 Å². The summed E-state index contributed by atoms with van der Waals surface area (Å²) in [5.41, 5.74) is 5.95. The molecule has 1 saturated carbocycles. The first-order valence-corrected chi connectivity index (χ1v) is 7.42. The molecule has 4 unspecified atom stereocenters. The van der Waals surface area contributed by atoms with E-state index in [-0.39, 0.29) is 0 Å². The predicted octanol–water partition coefficient (Wildman–Crippen LogP) is 4.21. The third-order valence-electron chi connectivity index (χ3n) is 4.63. The van der Waals surface area contributed by atoms with E-state index < -0.39 is 0 Å². The lowest BCUT2D eigenvalue weighted by atomic mass is 9.67. The van der Waals surface area contributed by atoms with Crippen molar-refractivity contribution in [3.8, 4) is 0 Å². The molecule has 1 rings (SSSR count). The van der Waals surface area contributed by atoms with Crippen molar-refractivity contribution in [2.75, 3.05) is 6.54 Å². The second-order valence-corrected chi connectivity index (χ2v) is 5.89. The first-order valence-electron chi connectivity index (χ1n) is 7.42. The van der Waals surface area contributed by atoms with Gasteiger partial charge in [-0.2, -0.15) is 0 Å². The number of rotatable bonds is 6. The van der Waals surface area contributed by atoms with Crippen LogP contribution in [0.15, 0.2) is 0 Å². The van der Waals surface area contributed by atoms with Crippen molar-refractivity contribution in [1.82, 2.24) is 0 Å². The molecule has 0 spiro atoms. The fraction of sp³-hybridized carbons (Fsp3) is 1.00. The van der Waals surface area contributed by atoms with E-state index in [9.17, 15) is 0 Å². The molecule has 2 N–H and O–H groups in total. The molecule has 4 atom stereocenters. The number of nitrogens with two attached hydrogens (primary N) is 1. The zero-order valence-corrected chi connectivity index (χ0v) is 11.5. The van der Waals surface area contributed by atoms with Crippen LogP contribution in [0.1, 0.15) is 65.7 Å². The van der Waals surface area contributed by atoms with E-state index in [0.717, 1.165) is 30.2 Å². The summed E-state index contributed by atoms with van der Waals surface area (Å²) in [6, 6.07) is 0. The highest BCUT2D eigenvalue weighted by Gasteiger charge is 2.32. The van der Waals surface area contributed by atoms with Gasteiger partial charge in [0.2, 0.25) is 0 Å². The van der Waals surface area contributed by atoms with E-state index in [1.54, 1.807) is 0 Å². The van der Waals surface area contributed by atoms with Gasteiger partial charge in [-0.1, -0.05) is 52.9 Å². The first-order chi connectivity index (χ1) is 7.72. The molecule has 0 aromatic carbocycles. The molecule has 0 amide bonds. The average molecular weight is 225 g/mol. The van der Waals surface area contributed by atoms with Gasteiger partial charge >= 0.3 is 0 Å². The Hall–Kier alpha value is -0.0400. The van der Waals surface area contributed by atoms with Crippen molar-refractivity contribution in [3.05, 3.63) is 0 Å². The third kappa shape index (κ3) is 3.76. The summed E-state index contributed by atoms with van der Waals surface area (Å²) in [6.45, 7) is 7.99. The van der Waals surface area contributed by atoms with Crippen LogP contribution in [-0.2, 0) is 0 Å². The van der Waals surface area contributed by atoms with E-state index in [2.05, 4.69) is 20.8 Å². The average Bonchev–Trinajstić information content (AvgIpc) is 2.30. The first kappa shape index (κ1) is 14.0. The fourth-order valence-electron chi connectivity index (χ4n) is 3.69. The Kier molecular flexibility index (Phi) is 6.41. The summed E-state index contributed by atoms with van der Waals surface area (Å²) < 4.78 is 0. The molecule has 1 aliphatic rings. The van der Waals surface area contributed by atoms with Crippen LogP contribution in [0.3, 0.4) is 0 Å². The molecule has 1 aliphatic carbocycles. The van der Waals surface area contributed by atoms with Crippen molar-refractivity contribution in [2.24, 2.45) is 29.4 Å². The standard InChI is InChI=1S/C15H31N/c1-4-6-12(3)15-10-13(7-5-2)8-9-14(15)11-16/h12-15H,4-11,16H2,1-3H3. The van der Waals surface area contributed by atoms with Gasteiger partial charge < -0.3 is 5.73 Å². The van der Waals surface area contributed by atoms with E-state index in [1.807, 2.05) is 0 Å². The Morgan fingerprint density at radius 2 is 1.94 bits per heavy atom. The molecule has 0 radical (unpaired) electrons. The number of hydrogen-bond acceptors (Lipinski definition) is 1. The van der Waals surface area contributed by atoms with Crippen LogP contribution in [0.25, 0.3) is 0 Å². The summed E-state index contributed by atoms with van der Waals surface area (Å²) in [5.74, 6) is 3.61. The Bertz CT molecular complexity index is 178. The van der Waals surface area contributed by atoms with Gasteiger partial charge in [0.25, 0.3) is 0 Å². The Balaban J connectivity index is 2.52. The van der Waals surface area contributed by atoms with Crippen molar-refractivity contribution < 1.29 is 0 Å². The minimum Gasteiger partial charge on any atom is -0.330 e. The van der Waals surface area contributed by atoms with Gasteiger partial charge in [0, 0.05) is 0 Å². The van der Waals surface area contributed by atoms with E-state index in [4.69, 9.17) is 5.73 Å². The molecule has 0 heterocycles. The normalized spacial score (nSPS) is 32.6. The van der Waals surface area contributed by atoms with Crippen molar-refractivity contribution in [3.63, 3.8) is 0 Å².